The highest BCUT2D eigenvalue weighted by molar-refractivity contribution is 9.10. The maximum absolute atomic E-state index is 11.8. The van der Waals surface area contributed by atoms with Crippen molar-refractivity contribution in [2.45, 2.75) is 24.8 Å². The third-order valence-corrected chi connectivity index (χ3v) is 5.74. The number of halogens is 2. The van der Waals surface area contributed by atoms with Gasteiger partial charge in [0.15, 0.2) is 5.15 Å². The molecule has 1 aromatic carbocycles. The summed E-state index contributed by atoms with van der Waals surface area (Å²) in [7, 11) is 0. The summed E-state index contributed by atoms with van der Waals surface area (Å²) in [5, 5.41) is 10.0. The minimum atomic E-state index is -0.895. The molecule has 26 heavy (non-hydrogen) atoms. The number of aromatic nitrogens is 3. The van der Waals surface area contributed by atoms with Crippen molar-refractivity contribution in [3.05, 3.63) is 63.9 Å². The molecule has 3 heterocycles. The summed E-state index contributed by atoms with van der Waals surface area (Å²) >= 11 is 9.68. The molecule has 1 aliphatic rings. The minimum absolute atomic E-state index is 0.0245. The van der Waals surface area contributed by atoms with E-state index in [1.165, 1.54) is 4.90 Å². The summed E-state index contributed by atoms with van der Waals surface area (Å²) in [4.78, 5) is 22.0. The average molecular weight is 436 g/mol. The molecule has 2 aromatic heterocycles. The van der Waals surface area contributed by atoms with Crippen molar-refractivity contribution in [1.82, 2.24) is 19.3 Å². The van der Waals surface area contributed by atoms with Gasteiger partial charge < -0.3 is 10.0 Å². The molecule has 1 saturated heterocycles. The molecule has 2 atom stereocenters. The second-order valence-corrected chi connectivity index (χ2v) is 7.43. The first kappa shape index (κ1) is 17.3. The van der Waals surface area contributed by atoms with Crippen LogP contribution in [0.5, 0.6) is 0 Å². The smallest absolute Gasteiger partial charge is 0.407 e. The molecule has 0 bridgehead atoms. The number of rotatable bonds is 3. The fourth-order valence-corrected chi connectivity index (χ4v) is 4.66. The van der Waals surface area contributed by atoms with Gasteiger partial charge in [-0.25, -0.2) is 14.8 Å². The van der Waals surface area contributed by atoms with Gasteiger partial charge in [0.1, 0.15) is 15.9 Å². The largest absolute Gasteiger partial charge is 0.465 e. The molecule has 0 spiro atoms. The van der Waals surface area contributed by atoms with Crippen LogP contribution in [-0.4, -0.2) is 43.1 Å². The average Bonchev–Trinajstić information content (AvgIpc) is 3.18. The first-order chi connectivity index (χ1) is 12.6. The Labute approximate surface area is 163 Å². The van der Waals surface area contributed by atoms with Crippen LogP contribution in [0.15, 0.2) is 47.3 Å². The Balaban J connectivity index is 1.77. The maximum Gasteiger partial charge on any atom is 0.407 e. The van der Waals surface area contributed by atoms with Crippen LogP contribution >= 0.6 is 27.5 Å². The third kappa shape index (κ3) is 2.95. The highest BCUT2D eigenvalue weighted by atomic mass is 79.9. The zero-order chi connectivity index (χ0) is 18.3. The van der Waals surface area contributed by atoms with E-state index in [4.69, 9.17) is 11.6 Å². The number of hydrogen-bond donors (Lipinski definition) is 1. The molecule has 0 aliphatic carbocycles. The zero-order valence-electron chi connectivity index (χ0n) is 13.7. The van der Waals surface area contributed by atoms with E-state index in [0.29, 0.717) is 28.2 Å². The molecule has 1 aliphatic heterocycles. The number of imidazole rings is 1. The quantitative estimate of drug-likeness (QED) is 0.668. The molecule has 3 aromatic rings. The fraction of sp³-hybridized carbons (Fsp3) is 0.278. The van der Waals surface area contributed by atoms with Gasteiger partial charge in [-0.15, -0.1) is 0 Å². The number of carboxylic acid groups (broad SMARTS) is 1. The van der Waals surface area contributed by atoms with Crippen molar-refractivity contribution < 1.29 is 9.90 Å². The van der Waals surface area contributed by atoms with Crippen molar-refractivity contribution in [2.24, 2.45) is 0 Å². The second-order valence-electron chi connectivity index (χ2n) is 6.33. The molecule has 134 valence electrons. The van der Waals surface area contributed by atoms with Crippen LogP contribution in [0.25, 0.3) is 5.52 Å². The van der Waals surface area contributed by atoms with Gasteiger partial charge in [0.05, 0.1) is 0 Å². The molecule has 6 nitrogen and oxygen atoms in total. The second kappa shape index (κ2) is 6.89. The SMILES string of the molecule is O=C(O)N1CCC(c2nc(Br)c3c(Cl)nccn23)C1Cc1ccccc1. The summed E-state index contributed by atoms with van der Waals surface area (Å²) in [6, 6.07) is 9.76. The van der Waals surface area contributed by atoms with E-state index in [-0.39, 0.29) is 12.0 Å². The molecule has 1 fully saturated rings. The van der Waals surface area contributed by atoms with Gasteiger partial charge in [-0.2, -0.15) is 0 Å². The number of carbonyl (C=O) groups is 1. The number of amides is 1. The highest BCUT2D eigenvalue weighted by Crippen LogP contribution is 2.37. The molecule has 4 rings (SSSR count). The summed E-state index contributed by atoms with van der Waals surface area (Å²) < 4.78 is 2.53. The number of nitrogens with zero attached hydrogens (tertiary/aromatic N) is 4. The molecule has 8 heteroatoms. The number of fused-ring (bicyclic) bond motifs is 1. The van der Waals surface area contributed by atoms with E-state index in [1.54, 1.807) is 6.20 Å². The fourth-order valence-electron chi connectivity index (χ4n) is 3.75. The molecular formula is C18H16BrClN4O2. The summed E-state index contributed by atoms with van der Waals surface area (Å²) in [5.41, 5.74) is 1.81. The van der Waals surface area contributed by atoms with E-state index in [2.05, 4.69) is 25.9 Å². The predicted molar refractivity (Wildman–Crippen MR) is 102 cm³/mol. The van der Waals surface area contributed by atoms with Gasteiger partial charge in [0.2, 0.25) is 0 Å². The van der Waals surface area contributed by atoms with Gasteiger partial charge in [-0.05, 0) is 34.3 Å². The van der Waals surface area contributed by atoms with Crippen molar-refractivity contribution in [3.63, 3.8) is 0 Å². The summed E-state index contributed by atoms with van der Waals surface area (Å²) in [5.74, 6) is 0.782. The topological polar surface area (TPSA) is 70.7 Å². The molecular weight excluding hydrogens is 420 g/mol. The highest BCUT2D eigenvalue weighted by Gasteiger charge is 2.40. The molecule has 1 amide bonds. The first-order valence-electron chi connectivity index (χ1n) is 8.27. The van der Waals surface area contributed by atoms with Crippen molar-refractivity contribution in [1.29, 1.82) is 0 Å². The van der Waals surface area contributed by atoms with Crippen LogP contribution in [0.4, 0.5) is 4.79 Å². The van der Waals surface area contributed by atoms with Gasteiger partial charge in [-0.1, -0.05) is 41.9 Å². The Hall–Kier alpha value is -2.12. The molecule has 0 radical (unpaired) electrons. The van der Waals surface area contributed by atoms with Crippen LogP contribution in [0.3, 0.4) is 0 Å². The lowest BCUT2D eigenvalue weighted by Gasteiger charge is -2.25. The molecule has 2 unspecified atom stereocenters. The van der Waals surface area contributed by atoms with E-state index in [9.17, 15) is 9.90 Å². The van der Waals surface area contributed by atoms with Gasteiger partial charge >= 0.3 is 6.09 Å². The van der Waals surface area contributed by atoms with E-state index in [0.717, 1.165) is 17.8 Å². The lowest BCUT2D eigenvalue weighted by atomic mass is 9.93. The minimum Gasteiger partial charge on any atom is -0.465 e. The standard InChI is InChI=1S/C18H16BrClN4O2/c19-15-14-16(20)21-7-9-24(14)17(22-15)12-6-8-23(18(25)26)13(12)10-11-4-2-1-3-5-11/h1-5,7,9,12-13H,6,8,10H2,(H,25,26). The summed E-state index contributed by atoms with van der Waals surface area (Å²) in [6.07, 6.45) is 3.91. The Morgan fingerprint density at radius 3 is 2.85 bits per heavy atom. The normalized spacial score (nSPS) is 20.0. The van der Waals surface area contributed by atoms with Crippen molar-refractivity contribution in [3.8, 4) is 0 Å². The van der Waals surface area contributed by atoms with E-state index < -0.39 is 6.09 Å². The van der Waals surface area contributed by atoms with E-state index in [1.807, 2.05) is 40.9 Å². The Morgan fingerprint density at radius 1 is 1.35 bits per heavy atom. The molecule has 1 N–H and O–H groups in total. The van der Waals surface area contributed by atoms with Crippen LogP contribution in [0, 0.1) is 0 Å². The monoisotopic (exact) mass is 434 g/mol. The number of likely N-dealkylation sites (tertiary alicyclic amines) is 1. The Kier molecular flexibility index (Phi) is 4.58. The Bertz CT molecular complexity index is 962. The van der Waals surface area contributed by atoms with Gasteiger partial charge in [0, 0.05) is 30.9 Å². The maximum atomic E-state index is 11.8. The van der Waals surface area contributed by atoms with Gasteiger partial charge in [-0.3, -0.25) is 4.40 Å². The van der Waals surface area contributed by atoms with Crippen LogP contribution in [0.1, 0.15) is 23.7 Å². The van der Waals surface area contributed by atoms with Crippen LogP contribution < -0.4 is 0 Å². The van der Waals surface area contributed by atoms with Gasteiger partial charge in [0.25, 0.3) is 0 Å². The van der Waals surface area contributed by atoms with Crippen LogP contribution in [0.2, 0.25) is 5.15 Å². The van der Waals surface area contributed by atoms with Crippen LogP contribution in [-0.2, 0) is 6.42 Å². The number of benzene rings is 1. The summed E-state index contributed by atoms with van der Waals surface area (Å²) in [6.45, 7) is 0.489. The predicted octanol–water partition coefficient (Wildman–Crippen LogP) is 4.22. The lowest BCUT2D eigenvalue weighted by molar-refractivity contribution is 0.138. The lowest BCUT2D eigenvalue weighted by Crippen LogP contribution is -2.38. The third-order valence-electron chi connectivity index (χ3n) is 4.91. The van der Waals surface area contributed by atoms with E-state index >= 15 is 0 Å². The van der Waals surface area contributed by atoms with Crippen molar-refractivity contribution in [2.75, 3.05) is 6.54 Å². The number of hydrogen-bond acceptors (Lipinski definition) is 3. The zero-order valence-corrected chi connectivity index (χ0v) is 16.1. The first-order valence-corrected chi connectivity index (χ1v) is 9.45. The van der Waals surface area contributed by atoms with Crippen molar-refractivity contribution >= 4 is 39.1 Å². The molecule has 0 saturated carbocycles. The Morgan fingerprint density at radius 2 is 2.12 bits per heavy atom.